The van der Waals surface area contributed by atoms with Crippen LogP contribution in [0.4, 0.5) is 0 Å². The molecule has 0 aromatic carbocycles. The largest absolute Gasteiger partial charge is 0.319 e. The Kier molecular flexibility index (Phi) is 25.8. The summed E-state index contributed by atoms with van der Waals surface area (Å²) in [5.74, 6) is 3.56. The summed E-state index contributed by atoms with van der Waals surface area (Å²) in [6.07, 6.45) is 8.18. The fraction of sp³-hybridized carbons (Fsp3) is 1.00. The van der Waals surface area contributed by atoms with Crippen LogP contribution in [0, 0.1) is 23.7 Å². The zero-order valence-corrected chi connectivity index (χ0v) is 31.9. The highest BCUT2D eigenvalue weighted by Gasteiger charge is 2.23. The van der Waals surface area contributed by atoms with Crippen molar-refractivity contribution in [3.05, 3.63) is 0 Å². The molecule has 1 atom stereocenters. The minimum atomic E-state index is 0.667. The number of piperidine rings is 2. The first kappa shape index (κ1) is 42.8. The van der Waals surface area contributed by atoms with Crippen molar-refractivity contribution in [2.75, 3.05) is 99.7 Å². The van der Waals surface area contributed by atoms with Gasteiger partial charge >= 0.3 is 0 Å². The number of hydrogen-bond donors (Lipinski definition) is 1. The molecule has 3 rings (SSSR count). The molecule has 0 aliphatic carbocycles. The van der Waals surface area contributed by atoms with Crippen LogP contribution < -0.4 is 5.32 Å². The molecule has 260 valence electrons. The molecule has 3 fully saturated rings. The van der Waals surface area contributed by atoms with Crippen LogP contribution >= 0.6 is 0 Å². The van der Waals surface area contributed by atoms with Crippen LogP contribution in [-0.4, -0.2) is 136 Å². The quantitative estimate of drug-likeness (QED) is 0.264. The Labute approximate surface area is 272 Å². The molecular formula is C37H82N6. The Hall–Kier alpha value is -0.240. The number of nitrogens with one attached hydrogen (secondary N) is 1. The summed E-state index contributed by atoms with van der Waals surface area (Å²) < 4.78 is 0. The van der Waals surface area contributed by atoms with E-state index in [1.54, 1.807) is 0 Å². The van der Waals surface area contributed by atoms with Crippen molar-refractivity contribution < 1.29 is 0 Å². The maximum absolute atomic E-state index is 3.26. The van der Waals surface area contributed by atoms with Crippen molar-refractivity contribution in [3.63, 3.8) is 0 Å². The predicted molar refractivity (Wildman–Crippen MR) is 194 cm³/mol. The van der Waals surface area contributed by atoms with Gasteiger partial charge < -0.3 is 29.8 Å². The van der Waals surface area contributed by atoms with Gasteiger partial charge in [-0.05, 0) is 144 Å². The molecule has 0 spiro atoms. The standard InChI is InChI=1S/C20H42N4.C10H22N2.C5H12.C2H6/c1-18(2)22(5)11-6-19(3)16-23-12-14-24(15-13-23)17-20-7-9-21(4)10-8-20;1-9(2)12-6-4-10(5-7-12)8-11-3;1-4-5(2)3;1-2/h18-20H,6-17H2,1-5H3;9-11H,4-8H2,1-3H3;5H,4H2,1-3H3;1-2H3. The summed E-state index contributed by atoms with van der Waals surface area (Å²) >= 11 is 0. The zero-order valence-electron chi connectivity index (χ0n) is 31.9. The van der Waals surface area contributed by atoms with Gasteiger partial charge in [0.25, 0.3) is 0 Å². The van der Waals surface area contributed by atoms with E-state index in [0.717, 1.165) is 29.7 Å². The average Bonchev–Trinajstić information content (AvgIpc) is 3.00. The molecule has 3 saturated heterocycles. The normalized spacial score (nSPS) is 20.9. The summed E-state index contributed by atoms with van der Waals surface area (Å²) in [4.78, 5) is 12.9. The molecule has 0 amide bonds. The average molecular weight is 611 g/mol. The minimum absolute atomic E-state index is 0.667. The molecule has 0 aromatic heterocycles. The van der Waals surface area contributed by atoms with Crippen LogP contribution in [0.2, 0.25) is 0 Å². The minimum Gasteiger partial charge on any atom is -0.319 e. The lowest BCUT2D eigenvalue weighted by molar-refractivity contribution is 0.0902. The molecule has 3 heterocycles. The van der Waals surface area contributed by atoms with Crippen molar-refractivity contribution in [1.82, 2.24) is 29.8 Å². The number of likely N-dealkylation sites (tertiary alicyclic amines) is 2. The van der Waals surface area contributed by atoms with Crippen LogP contribution in [0.5, 0.6) is 0 Å². The highest BCUT2D eigenvalue weighted by Crippen LogP contribution is 2.19. The second-order valence-electron chi connectivity index (χ2n) is 14.7. The van der Waals surface area contributed by atoms with Gasteiger partial charge in [0, 0.05) is 51.4 Å². The van der Waals surface area contributed by atoms with E-state index in [4.69, 9.17) is 0 Å². The molecule has 0 saturated carbocycles. The molecule has 6 nitrogen and oxygen atoms in total. The zero-order chi connectivity index (χ0) is 32.8. The van der Waals surface area contributed by atoms with Crippen molar-refractivity contribution in [2.45, 2.75) is 120 Å². The van der Waals surface area contributed by atoms with E-state index in [2.05, 4.69) is 106 Å². The van der Waals surface area contributed by atoms with Crippen molar-refractivity contribution in [2.24, 2.45) is 23.7 Å². The third-order valence-electron chi connectivity index (χ3n) is 9.93. The Morgan fingerprint density at radius 3 is 1.67 bits per heavy atom. The van der Waals surface area contributed by atoms with Crippen molar-refractivity contribution in [1.29, 1.82) is 0 Å². The molecule has 3 aliphatic heterocycles. The topological polar surface area (TPSA) is 28.2 Å². The summed E-state index contributed by atoms with van der Waals surface area (Å²) in [5.41, 5.74) is 0. The summed E-state index contributed by atoms with van der Waals surface area (Å²) in [6.45, 7) is 37.6. The maximum atomic E-state index is 3.26. The van der Waals surface area contributed by atoms with Crippen molar-refractivity contribution in [3.8, 4) is 0 Å². The molecule has 3 aliphatic rings. The first-order valence-electron chi connectivity index (χ1n) is 18.7. The van der Waals surface area contributed by atoms with Gasteiger partial charge in [-0.3, -0.25) is 0 Å². The van der Waals surface area contributed by atoms with Gasteiger partial charge in [-0.25, -0.2) is 0 Å². The Bertz CT molecular complexity index is 588. The molecular weight excluding hydrogens is 528 g/mol. The molecule has 0 bridgehead atoms. The number of piperazine rings is 1. The fourth-order valence-corrected chi connectivity index (χ4v) is 5.94. The van der Waals surface area contributed by atoms with E-state index in [-0.39, 0.29) is 0 Å². The van der Waals surface area contributed by atoms with Gasteiger partial charge in [0.05, 0.1) is 0 Å². The Morgan fingerprint density at radius 2 is 1.23 bits per heavy atom. The van der Waals surface area contributed by atoms with E-state index in [9.17, 15) is 0 Å². The lowest BCUT2D eigenvalue weighted by atomic mass is 9.96. The second kappa shape index (κ2) is 25.9. The molecule has 1 unspecified atom stereocenters. The summed E-state index contributed by atoms with van der Waals surface area (Å²) in [7, 11) is 6.56. The van der Waals surface area contributed by atoms with Crippen LogP contribution in [0.25, 0.3) is 0 Å². The van der Waals surface area contributed by atoms with Gasteiger partial charge in [0.15, 0.2) is 0 Å². The smallest absolute Gasteiger partial charge is 0.0110 e. The molecule has 6 heteroatoms. The molecule has 1 N–H and O–H groups in total. The van der Waals surface area contributed by atoms with Crippen LogP contribution in [0.1, 0.15) is 108 Å². The Balaban J connectivity index is 0.000000770. The van der Waals surface area contributed by atoms with Gasteiger partial charge in [0.1, 0.15) is 0 Å². The van der Waals surface area contributed by atoms with Gasteiger partial charge in [0.2, 0.25) is 0 Å². The molecule has 43 heavy (non-hydrogen) atoms. The summed E-state index contributed by atoms with van der Waals surface area (Å²) in [5, 5.41) is 3.26. The van der Waals surface area contributed by atoms with Gasteiger partial charge in [-0.2, -0.15) is 0 Å². The third-order valence-corrected chi connectivity index (χ3v) is 9.93. The SMILES string of the molecule is CC.CC(CCN(C)C(C)C)CN1CCN(CC2CCN(C)CC2)CC1.CCC(C)C.CNCC1CCN(C(C)C)CC1. The maximum Gasteiger partial charge on any atom is 0.0110 e. The van der Waals surface area contributed by atoms with E-state index in [1.165, 1.54) is 117 Å². The fourth-order valence-electron chi connectivity index (χ4n) is 5.94. The first-order valence-corrected chi connectivity index (χ1v) is 18.7. The van der Waals surface area contributed by atoms with E-state index in [1.807, 2.05) is 13.8 Å². The monoisotopic (exact) mass is 611 g/mol. The lowest BCUT2D eigenvalue weighted by Gasteiger charge is -2.39. The lowest BCUT2D eigenvalue weighted by Crippen LogP contribution is -2.49. The summed E-state index contributed by atoms with van der Waals surface area (Å²) in [6, 6.07) is 1.40. The Morgan fingerprint density at radius 1 is 0.744 bits per heavy atom. The highest BCUT2D eigenvalue weighted by atomic mass is 15.3. The third kappa shape index (κ3) is 21.2. The van der Waals surface area contributed by atoms with E-state index < -0.39 is 0 Å². The number of rotatable bonds is 12. The van der Waals surface area contributed by atoms with E-state index in [0.29, 0.717) is 6.04 Å². The number of hydrogen-bond acceptors (Lipinski definition) is 6. The van der Waals surface area contributed by atoms with Crippen LogP contribution in [0.3, 0.4) is 0 Å². The highest BCUT2D eigenvalue weighted by molar-refractivity contribution is 4.79. The molecule has 0 radical (unpaired) electrons. The van der Waals surface area contributed by atoms with E-state index >= 15 is 0 Å². The van der Waals surface area contributed by atoms with Crippen molar-refractivity contribution >= 4 is 0 Å². The van der Waals surface area contributed by atoms with Crippen LogP contribution in [0.15, 0.2) is 0 Å². The van der Waals surface area contributed by atoms with Crippen LogP contribution in [-0.2, 0) is 0 Å². The number of nitrogens with zero attached hydrogens (tertiary/aromatic N) is 5. The predicted octanol–water partition coefficient (Wildman–Crippen LogP) is 6.72. The second-order valence-corrected chi connectivity index (χ2v) is 14.7. The van der Waals surface area contributed by atoms with Gasteiger partial charge in [-0.15, -0.1) is 0 Å². The van der Waals surface area contributed by atoms with Gasteiger partial charge in [-0.1, -0.05) is 48.0 Å². The first-order chi connectivity index (χ1) is 20.4. The molecule has 0 aromatic rings.